The molecule has 0 aromatic carbocycles. The van der Waals surface area contributed by atoms with Gasteiger partial charge in [-0.1, -0.05) is 18.3 Å². The molecule has 0 spiro atoms. The molecule has 72 valence electrons. The Morgan fingerprint density at radius 3 is 2.23 bits per heavy atom. The molecule has 0 aromatic heterocycles. The van der Waals surface area contributed by atoms with E-state index in [1.54, 1.807) is 0 Å². The third kappa shape index (κ3) is 1.96. The second-order valence-electron chi connectivity index (χ2n) is 2.74. The van der Waals surface area contributed by atoms with E-state index in [1.807, 2.05) is 0 Å². The van der Waals surface area contributed by atoms with Crippen LogP contribution in [0.15, 0.2) is 23.6 Å². The summed E-state index contributed by atoms with van der Waals surface area (Å²) in [6, 6.07) is 0. The van der Waals surface area contributed by atoms with Crippen molar-refractivity contribution < 1.29 is 17.6 Å². The Hall–Kier alpha value is -0.710. The van der Waals surface area contributed by atoms with Crippen LogP contribution in [-0.4, -0.2) is 11.0 Å². The monoisotopic (exact) mass is 210 g/mol. The van der Waals surface area contributed by atoms with Crippen molar-refractivity contribution in [3.05, 3.63) is 23.6 Å². The summed E-state index contributed by atoms with van der Waals surface area (Å²) < 4.78 is 49.4. The smallest absolute Gasteiger partial charge is 0.211 e. The third-order valence-electron chi connectivity index (χ3n) is 1.75. The standard InChI is InChI=1S/C8H6F4S/c1-4-2-3-5(9)6(7(4)13)8(10,11)12/h2-3,6H,1H3. The van der Waals surface area contributed by atoms with Crippen LogP contribution in [0.1, 0.15) is 6.92 Å². The van der Waals surface area contributed by atoms with Crippen molar-refractivity contribution in [1.29, 1.82) is 0 Å². The topological polar surface area (TPSA) is 0 Å². The van der Waals surface area contributed by atoms with Crippen LogP contribution >= 0.6 is 12.2 Å². The van der Waals surface area contributed by atoms with Gasteiger partial charge >= 0.3 is 6.18 Å². The molecule has 5 heteroatoms. The summed E-state index contributed by atoms with van der Waals surface area (Å²) in [5.74, 6) is -3.46. The minimum Gasteiger partial charge on any atom is -0.211 e. The molecule has 1 rings (SSSR count). The number of alkyl halides is 3. The fourth-order valence-corrected chi connectivity index (χ4v) is 1.36. The van der Waals surface area contributed by atoms with Gasteiger partial charge in [-0.25, -0.2) is 4.39 Å². The van der Waals surface area contributed by atoms with Crippen molar-refractivity contribution in [3.63, 3.8) is 0 Å². The molecule has 0 radical (unpaired) electrons. The van der Waals surface area contributed by atoms with Crippen molar-refractivity contribution in [2.75, 3.05) is 0 Å². The van der Waals surface area contributed by atoms with Gasteiger partial charge in [0.15, 0.2) is 0 Å². The van der Waals surface area contributed by atoms with Crippen LogP contribution in [-0.2, 0) is 0 Å². The zero-order valence-electron chi connectivity index (χ0n) is 6.65. The number of rotatable bonds is 0. The number of hydrogen-bond acceptors (Lipinski definition) is 1. The fourth-order valence-electron chi connectivity index (χ4n) is 1.04. The van der Waals surface area contributed by atoms with E-state index in [-0.39, 0.29) is 4.86 Å². The highest BCUT2D eigenvalue weighted by atomic mass is 32.1. The Balaban J connectivity index is 3.08. The van der Waals surface area contributed by atoms with Crippen molar-refractivity contribution in [2.24, 2.45) is 5.92 Å². The Kier molecular flexibility index (Phi) is 2.56. The van der Waals surface area contributed by atoms with E-state index in [1.165, 1.54) is 13.0 Å². The van der Waals surface area contributed by atoms with E-state index in [0.29, 0.717) is 5.57 Å². The predicted molar refractivity (Wildman–Crippen MR) is 45.1 cm³/mol. The van der Waals surface area contributed by atoms with Gasteiger partial charge in [-0.2, -0.15) is 13.2 Å². The first kappa shape index (κ1) is 10.4. The summed E-state index contributed by atoms with van der Waals surface area (Å²) >= 11 is 4.51. The van der Waals surface area contributed by atoms with E-state index in [2.05, 4.69) is 12.2 Å². The van der Waals surface area contributed by atoms with Crippen molar-refractivity contribution >= 4 is 17.1 Å². The second-order valence-corrected chi connectivity index (χ2v) is 3.18. The van der Waals surface area contributed by atoms with E-state index < -0.39 is 17.9 Å². The average Bonchev–Trinajstić information content (AvgIpc) is 1.95. The molecular weight excluding hydrogens is 204 g/mol. The van der Waals surface area contributed by atoms with Gasteiger partial charge in [0.25, 0.3) is 0 Å². The first-order valence-electron chi connectivity index (χ1n) is 3.49. The largest absolute Gasteiger partial charge is 0.402 e. The van der Waals surface area contributed by atoms with E-state index in [0.717, 1.165) is 6.08 Å². The number of thiocarbonyl (C=S) groups is 1. The lowest BCUT2D eigenvalue weighted by Crippen LogP contribution is -2.32. The van der Waals surface area contributed by atoms with Gasteiger partial charge in [-0.3, -0.25) is 0 Å². The molecule has 0 N–H and O–H groups in total. The number of halogens is 4. The zero-order chi connectivity index (χ0) is 10.2. The van der Waals surface area contributed by atoms with Crippen LogP contribution in [0.5, 0.6) is 0 Å². The Morgan fingerprint density at radius 2 is 1.85 bits per heavy atom. The van der Waals surface area contributed by atoms with Crippen LogP contribution in [0.4, 0.5) is 17.6 Å². The molecule has 0 amide bonds. The van der Waals surface area contributed by atoms with Crippen LogP contribution in [0, 0.1) is 5.92 Å². The minimum absolute atomic E-state index is 0.290. The lowest BCUT2D eigenvalue weighted by atomic mass is 9.93. The zero-order valence-corrected chi connectivity index (χ0v) is 7.47. The SMILES string of the molecule is CC1=CC=C(F)C(C(F)(F)F)C1=S. The van der Waals surface area contributed by atoms with Crippen molar-refractivity contribution in [2.45, 2.75) is 13.1 Å². The van der Waals surface area contributed by atoms with Crippen molar-refractivity contribution in [1.82, 2.24) is 0 Å². The summed E-state index contributed by atoms with van der Waals surface area (Å²) in [5.41, 5.74) is 0.290. The molecular formula is C8H6F4S. The van der Waals surface area contributed by atoms with Gasteiger partial charge in [0.2, 0.25) is 0 Å². The molecule has 0 bridgehead atoms. The summed E-state index contributed by atoms with van der Waals surface area (Å²) in [5, 5.41) is 0. The predicted octanol–water partition coefficient (Wildman–Crippen LogP) is 3.35. The molecule has 0 aromatic rings. The lowest BCUT2D eigenvalue weighted by molar-refractivity contribution is -0.149. The molecule has 0 aliphatic heterocycles. The van der Waals surface area contributed by atoms with E-state index in [4.69, 9.17) is 0 Å². The van der Waals surface area contributed by atoms with Crippen LogP contribution in [0.3, 0.4) is 0 Å². The van der Waals surface area contributed by atoms with E-state index in [9.17, 15) is 17.6 Å². The lowest BCUT2D eigenvalue weighted by Gasteiger charge is -2.22. The molecule has 0 nitrogen and oxygen atoms in total. The molecule has 0 saturated heterocycles. The van der Waals surface area contributed by atoms with Gasteiger partial charge in [0.05, 0.1) is 0 Å². The van der Waals surface area contributed by atoms with Crippen LogP contribution < -0.4 is 0 Å². The molecule has 0 heterocycles. The molecule has 1 unspecified atom stereocenters. The van der Waals surface area contributed by atoms with Crippen molar-refractivity contribution in [3.8, 4) is 0 Å². The normalized spacial score (nSPS) is 24.1. The maximum Gasteiger partial charge on any atom is 0.402 e. The molecule has 1 atom stereocenters. The maximum atomic E-state index is 12.8. The fraction of sp³-hybridized carbons (Fsp3) is 0.375. The van der Waals surface area contributed by atoms with Crippen LogP contribution in [0.25, 0.3) is 0 Å². The molecule has 1 aliphatic carbocycles. The highest BCUT2D eigenvalue weighted by Gasteiger charge is 2.46. The van der Waals surface area contributed by atoms with Gasteiger partial charge in [-0.05, 0) is 18.6 Å². The van der Waals surface area contributed by atoms with Gasteiger partial charge in [0, 0.05) is 4.86 Å². The molecule has 0 fully saturated rings. The summed E-state index contributed by atoms with van der Waals surface area (Å²) in [6.07, 6.45) is -2.57. The minimum atomic E-state index is -4.63. The third-order valence-corrected chi connectivity index (χ3v) is 2.30. The molecule has 13 heavy (non-hydrogen) atoms. The van der Waals surface area contributed by atoms with Gasteiger partial charge in [0.1, 0.15) is 11.7 Å². The Morgan fingerprint density at radius 1 is 1.31 bits per heavy atom. The molecule has 1 aliphatic rings. The van der Waals surface area contributed by atoms with Gasteiger partial charge < -0.3 is 0 Å². The number of hydrogen-bond donors (Lipinski definition) is 0. The summed E-state index contributed by atoms with van der Waals surface area (Å²) in [6.45, 7) is 1.43. The first-order chi connectivity index (χ1) is 5.84. The summed E-state index contributed by atoms with van der Waals surface area (Å²) in [7, 11) is 0. The highest BCUT2D eigenvalue weighted by Crippen LogP contribution is 2.37. The Bertz CT molecular complexity index is 296. The van der Waals surface area contributed by atoms with Gasteiger partial charge in [-0.15, -0.1) is 0 Å². The quantitative estimate of drug-likeness (QED) is 0.436. The highest BCUT2D eigenvalue weighted by molar-refractivity contribution is 7.80. The maximum absolute atomic E-state index is 12.8. The Labute approximate surface area is 77.9 Å². The summed E-state index contributed by atoms with van der Waals surface area (Å²) in [4.78, 5) is -0.382. The second kappa shape index (κ2) is 3.21. The average molecular weight is 210 g/mol. The molecule has 0 saturated carbocycles. The number of allylic oxidation sites excluding steroid dienone is 4. The van der Waals surface area contributed by atoms with Crippen LogP contribution in [0.2, 0.25) is 0 Å². The van der Waals surface area contributed by atoms with E-state index >= 15 is 0 Å². The first-order valence-corrected chi connectivity index (χ1v) is 3.90.